The van der Waals surface area contributed by atoms with Crippen LogP contribution < -0.4 is 10.5 Å². The Hall–Kier alpha value is -1.79. The van der Waals surface area contributed by atoms with Gasteiger partial charge in [-0.2, -0.15) is 18.4 Å². The highest BCUT2D eigenvalue weighted by molar-refractivity contribution is 7.89. The summed E-state index contributed by atoms with van der Waals surface area (Å²) in [5, 5.41) is 8.78. The number of nitrogen functional groups attached to an aromatic ring is 1. The lowest BCUT2D eigenvalue weighted by Gasteiger charge is -2.10. The van der Waals surface area contributed by atoms with Crippen molar-refractivity contribution < 1.29 is 21.6 Å². The maximum Gasteiger partial charge on any atom is 0.390 e. The molecule has 1 aromatic rings. The fourth-order valence-electron chi connectivity index (χ4n) is 1.27. The second-order valence-electron chi connectivity index (χ2n) is 3.63. The Morgan fingerprint density at radius 1 is 1.37 bits per heavy atom. The minimum absolute atomic E-state index is 0.186. The van der Waals surface area contributed by atoms with E-state index in [1.54, 1.807) is 10.8 Å². The largest absolute Gasteiger partial charge is 0.399 e. The number of nitrogens with one attached hydrogen (secondary N) is 1. The zero-order valence-corrected chi connectivity index (χ0v) is 10.3. The summed E-state index contributed by atoms with van der Waals surface area (Å²) in [7, 11) is -4.17. The van der Waals surface area contributed by atoms with Gasteiger partial charge in [0.25, 0.3) is 0 Å². The highest BCUT2D eigenvalue weighted by atomic mass is 32.2. The molecule has 0 aliphatic heterocycles. The molecule has 0 heterocycles. The first-order valence-electron chi connectivity index (χ1n) is 5.02. The first-order chi connectivity index (χ1) is 8.65. The summed E-state index contributed by atoms with van der Waals surface area (Å²) in [6.07, 6.45) is -5.75. The van der Waals surface area contributed by atoms with Crippen molar-refractivity contribution in [3.05, 3.63) is 23.8 Å². The van der Waals surface area contributed by atoms with Gasteiger partial charge in [0.15, 0.2) is 0 Å². The lowest BCUT2D eigenvalue weighted by Crippen LogP contribution is -2.28. The van der Waals surface area contributed by atoms with Crippen LogP contribution in [0.25, 0.3) is 0 Å². The van der Waals surface area contributed by atoms with Crippen LogP contribution in [0.4, 0.5) is 18.9 Å². The first-order valence-corrected chi connectivity index (χ1v) is 6.50. The van der Waals surface area contributed by atoms with Crippen molar-refractivity contribution in [3.8, 4) is 6.07 Å². The van der Waals surface area contributed by atoms with Gasteiger partial charge in [-0.15, -0.1) is 0 Å². The van der Waals surface area contributed by atoms with Crippen molar-refractivity contribution in [1.29, 1.82) is 5.26 Å². The summed E-state index contributed by atoms with van der Waals surface area (Å²) in [5.41, 5.74) is 5.35. The Labute approximate surface area is 107 Å². The number of nitrogens with zero attached hydrogens (tertiary/aromatic N) is 1. The van der Waals surface area contributed by atoms with Crippen molar-refractivity contribution in [3.63, 3.8) is 0 Å². The van der Waals surface area contributed by atoms with Crippen LogP contribution in [0.1, 0.15) is 12.0 Å². The Kier molecular flexibility index (Phi) is 4.39. The molecule has 0 unspecified atom stereocenters. The molecule has 0 atom stereocenters. The lowest BCUT2D eigenvalue weighted by atomic mass is 10.2. The number of hydrogen-bond donors (Lipinski definition) is 2. The van der Waals surface area contributed by atoms with Crippen LogP contribution in [0.15, 0.2) is 23.1 Å². The van der Waals surface area contributed by atoms with Crippen molar-refractivity contribution >= 4 is 15.7 Å². The summed E-state index contributed by atoms with van der Waals surface area (Å²) in [4.78, 5) is -0.397. The molecule has 5 nitrogen and oxygen atoms in total. The average Bonchev–Trinajstić information content (AvgIpc) is 2.26. The van der Waals surface area contributed by atoms with Gasteiger partial charge in [-0.1, -0.05) is 0 Å². The number of sulfonamides is 1. The zero-order valence-electron chi connectivity index (χ0n) is 9.53. The predicted octanol–water partition coefficient (Wildman–Crippen LogP) is 1.37. The molecule has 0 amide bonds. The van der Waals surface area contributed by atoms with Crippen LogP contribution in [0.5, 0.6) is 0 Å². The molecule has 0 fully saturated rings. The minimum atomic E-state index is -4.46. The third kappa shape index (κ3) is 4.42. The maximum absolute atomic E-state index is 11.9. The van der Waals surface area contributed by atoms with E-state index in [9.17, 15) is 21.6 Å². The van der Waals surface area contributed by atoms with Gasteiger partial charge >= 0.3 is 6.18 Å². The highest BCUT2D eigenvalue weighted by Crippen LogP contribution is 2.20. The summed E-state index contributed by atoms with van der Waals surface area (Å²) >= 11 is 0. The van der Waals surface area contributed by atoms with Crippen LogP contribution in [0, 0.1) is 11.3 Å². The topological polar surface area (TPSA) is 96.0 Å². The Morgan fingerprint density at radius 3 is 2.53 bits per heavy atom. The van der Waals surface area contributed by atoms with Gasteiger partial charge in [-0.3, -0.25) is 0 Å². The Bertz CT molecular complexity index is 605. The van der Waals surface area contributed by atoms with Gasteiger partial charge in [-0.25, -0.2) is 13.1 Å². The number of nitrogens with two attached hydrogens (primary N) is 1. The SMILES string of the molecule is N#Cc1cc(N)ccc1S(=O)(=O)NCCC(F)(F)F. The monoisotopic (exact) mass is 293 g/mol. The highest BCUT2D eigenvalue weighted by Gasteiger charge is 2.28. The molecular formula is C10H10F3N3O2S. The third-order valence-corrected chi connectivity index (χ3v) is 3.63. The van der Waals surface area contributed by atoms with Gasteiger partial charge in [0, 0.05) is 12.2 Å². The second kappa shape index (κ2) is 5.46. The molecule has 0 spiro atoms. The van der Waals surface area contributed by atoms with Gasteiger partial charge in [0.2, 0.25) is 10.0 Å². The number of rotatable bonds is 4. The van der Waals surface area contributed by atoms with Crippen molar-refractivity contribution in [2.45, 2.75) is 17.5 Å². The number of anilines is 1. The second-order valence-corrected chi connectivity index (χ2v) is 5.37. The van der Waals surface area contributed by atoms with Crippen molar-refractivity contribution in [1.82, 2.24) is 4.72 Å². The summed E-state index contributed by atoms with van der Waals surface area (Å²) in [6.45, 7) is -0.791. The molecule has 9 heteroatoms. The summed E-state index contributed by atoms with van der Waals surface area (Å²) in [5.74, 6) is 0. The number of halogens is 3. The number of benzene rings is 1. The quantitative estimate of drug-likeness (QED) is 0.819. The van der Waals surface area contributed by atoms with E-state index in [0.717, 1.165) is 12.1 Å². The standard InChI is InChI=1S/C10H10F3N3O2S/c11-10(12,13)3-4-16-19(17,18)9-2-1-8(15)5-7(9)6-14/h1-2,5,16H,3-4,15H2. The normalized spacial score (nSPS) is 12.1. The smallest absolute Gasteiger partial charge is 0.390 e. The van der Waals surface area contributed by atoms with Crippen LogP contribution in [-0.2, 0) is 10.0 Å². The molecule has 0 aromatic heterocycles. The molecule has 1 aromatic carbocycles. The van der Waals surface area contributed by atoms with E-state index in [-0.39, 0.29) is 11.3 Å². The zero-order chi connectivity index (χ0) is 14.7. The molecule has 19 heavy (non-hydrogen) atoms. The fraction of sp³-hybridized carbons (Fsp3) is 0.300. The van der Waals surface area contributed by atoms with Gasteiger partial charge in [0.05, 0.1) is 16.9 Å². The average molecular weight is 293 g/mol. The van der Waals surface area contributed by atoms with E-state index in [4.69, 9.17) is 11.0 Å². The summed E-state index contributed by atoms with van der Waals surface area (Å²) < 4.78 is 61.0. The predicted molar refractivity (Wildman–Crippen MR) is 61.4 cm³/mol. The fourth-order valence-corrected chi connectivity index (χ4v) is 2.44. The molecule has 0 aliphatic rings. The lowest BCUT2D eigenvalue weighted by molar-refractivity contribution is -0.132. The van der Waals surface area contributed by atoms with Crippen LogP contribution in [0.2, 0.25) is 0 Å². The van der Waals surface area contributed by atoms with Gasteiger partial charge in [0.1, 0.15) is 6.07 Å². The van der Waals surface area contributed by atoms with Gasteiger partial charge in [-0.05, 0) is 18.2 Å². The van der Waals surface area contributed by atoms with E-state index in [1.165, 1.54) is 6.07 Å². The van der Waals surface area contributed by atoms with E-state index in [0.29, 0.717) is 0 Å². The molecule has 0 radical (unpaired) electrons. The molecule has 1 rings (SSSR count). The van der Waals surface area contributed by atoms with Crippen LogP contribution in [0.3, 0.4) is 0 Å². The molecule has 0 bridgehead atoms. The third-order valence-electron chi connectivity index (χ3n) is 2.11. The first kappa shape index (κ1) is 15.3. The van der Waals surface area contributed by atoms with Crippen LogP contribution in [-0.4, -0.2) is 21.1 Å². The number of alkyl halides is 3. The molecule has 104 valence electrons. The van der Waals surface area contributed by atoms with E-state index in [1.807, 2.05) is 0 Å². The minimum Gasteiger partial charge on any atom is -0.399 e. The van der Waals surface area contributed by atoms with Crippen LogP contribution >= 0.6 is 0 Å². The molecule has 3 N–H and O–H groups in total. The Morgan fingerprint density at radius 2 is 2.00 bits per heavy atom. The van der Waals surface area contributed by atoms with Crippen molar-refractivity contribution in [2.75, 3.05) is 12.3 Å². The number of nitriles is 1. The van der Waals surface area contributed by atoms with E-state index in [2.05, 4.69) is 0 Å². The molecular weight excluding hydrogens is 283 g/mol. The molecule has 0 saturated heterocycles. The number of hydrogen-bond acceptors (Lipinski definition) is 4. The van der Waals surface area contributed by atoms with Gasteiger partial charge < -0.3 is 5.73 Å². The van der Waals surface area contributed by atoms with E-state index < -0.39 is 34.1 Å². The van der Waals surface area contributed by atoms with Crippen molar-refractivity contribution in [2.24, 2.45) is 0 Å². The molecule has 0 aliphatic carbocycles. The molecule has 0 saturated carbocycles. The summed E-state index contributed by atoms with van der Waals surface area (Å²) in [6, 6.07) is 5.09. The van der Waals surface area contributed by atoms with E-state index >= 15 is 0 Å². The maximum atomic E-state index is 11.9. The Balaban J connectivity index is 2.93.